The molecule has 78 valence electrons. The summed E-state index contributed by atoms with van der Waals surface area (Å²) in [6.45, 7) is 6.38. The van der Waals surface area contributed by atoms with Gasteiger partial charge in [-0.25, -0.2) is 4.98 Å². The van der Waals surface area contributed by atoms with Crippen molar-refractivity contribution in [3.05, 3.63) is 35.1 Å². The lowest BCUT2D eigenvalue weighted by Crippen LogP contribution is -1.81. The number of pyridine rings is 1. The molecule has 0 saturated heterocycles. The van der Waals surface area contributed by atoms with Crippen molar-refractivity contribution in [1.82, 2.24) is 9.97 Å². The lowest BCUT2D eigenvalue weighted by molar-refractivity contribution is 0.885. The molecule has 0 bridgehead atoms. The van der Waals surface area contributed by atoms with Gasteiger partial charge in [-0.1, -0.05) is 13.8 Å². The van der Waals surface area contributed by atoms with Crippen LogP contribution in [0.25, 0.3) is 10.6 Å². The largest absolute Gasteiger partial charge is 0.262 e. The maximum atomic E-state index is 4.44. The van der Waals surface area contributed by atoms with Crippen LogP contribution in [0.15, 0.2) is 24.5 Å². The first-order valence-corrected chi connectivity index (χ1v) is 5.87. The van der Waals surface area contributed by atoms with E-state index in [1.807, 2.05) is 25.4 Å². The van der Waals surface area contributed by atoms with Crippen molar-refractivity contribution in [2.75, 3.05) is 0 Å². The zero-order chi connectivity index (χ0) is 10.8. The molecule has 0 aliphatic carbocycles. The summed E-state index contributed by atoms with van der Waals surface area (Å²) in [4.78, 5) is 9.96. The molecule has 0 atom stereocenters. The molecule has 0 spiro atoms. The second kappa shape index (κ2) is 4.11. The molecule has 0 radical (unpaired) electrons. The fourth-order valence-electron chi connectivity index (χ4n) is 1.37. The molecule has 0 saturated carbocycles. The van der Waals surface area contributed by atoms with Gasteiger partial charge in [0.05, 0.1) is 0 Å². The zero-order valence-electron chi connectivity index (χ0n) is 9.19. The molecule has 2 heterocycles. The van der Waals surface area contributed by atoms with Crippen LogP contribution in [0.2, 0.25) is 0 Å². The number of hydrogen-bond donors (Lipinski definition) is 0. The van der Waals surface area contributed by atoms with E-state index in [0.717, 1.165) is 10.7 Å². The number of thiazole rings is 1. The molecule has 0 aliphatic heterocycles. The molecule has 2 aromatic rings. The van der Waals surface area contributed by atoms with Crippen LogP contribution < -0.4 is 0 Å². The Morgan fingerprint density at radius 1 is 1.27 bits per heavy atom. The van der Waals surface area contributed by atoms with Crippen molar-refractivity contribution in [2.45, 2.75) is 26.7 Å². The van der Waals surface area contributed by atoms with E-state index in [1.165, 1.54) is 10.4 Å². The SMILES string of the molecule is Cc1cc(-c2ncc(C(C)C)s2)ccn1. The van der Waals surface area contributed by atoms with E-state index >= 15 is 0 Å². The van der Waals surface area contributed by atoms with Crippen LogP contribution in [0.5, 0.6) is 0 Å². The normalized spacial score (nSPS) is 10.9. The third-order valence-electron chi connectivity index (χ3n) is 2.24. The van der Waals surface area contributed by atoms with Gasteiger partial charge in [-0.05, 0) is 25.0 Å². The van der Waals surface area contributed by atoms with E-state index in [9.17, 15) is 0 Å². The van der Waals surface area contributed by atoms with Crippen LogP contribution in [0.1, 0.15) is 30.3 Å². The molecule has 2 aromatic heterocycles. The molecule has 0 fully saturated rings. The lowest BCUT2D eigenvalue weighted by atomic mass is 10.2. The first kappa shape index (κ1) is 10.3. The molecule has 3 heteroatoms. The maximum Gasteiger partial charge on any atom is 0.123 e. The zero-order valence-corrected chi connectivity index (χ0v) is 10.0. The van der Waals surface area contributed by atoms with Gasteiger partial charge in [0.25, 0.3) is 0 Å². The van der Waals surface area contributed by atoms with E-state index < -0.39 is 0 Å². The van der Waals surface area contributed by atoms with Crippen LogP contribution in [0.3, 0.4) is 0 Å². The smallest absolute Gasteiger partial charge is 0.123 e. The van der Waals surface area contributed by atoms with Crippen LogP contribution in [0, 0.1) is 6.92 Å². The lowest BCUT2D eigenvalue weighted by Gasteiger charge is -1.98. The Bertz CT molecular complexity index is 460. The van der Waals surface area contributed by atoms with E-state index in [-0.39, 0.29) is 0 Å². The first-order valence-electron chi connectivity index (χ1n) is 5.05. The van der Waals surface area contributed by atoms with Gasteiger partial charge in [0.1, 0.15) is 5.01 Å². The standard InChI is InChI=1S/C12H14N2S/c1-8(2)11-7-14-12(15-11)10-4-5-13-9(3)6-10/h4-8H,1-3H3. The molecule has 0 aliphatic rings. The van der Waals surface area contributed by atoms with Crippen LogP contribution in [0.4, 0.5) is 0 Å². The Balaban J connectivity index is 2.37. The van der Waals surface area contributed by atoms with Crippen LogP contribution in [-0.4, -0.2) is 9.97 Å². The van der Waals surface area contributed by atoms with Crippen molar-refractivity contribution in [2.24, 2.45) is 0 Å². The van der Waals surface area contributed by atoms with E-state index in [1.54, 1.807) is 11.3 Å². The van der Waals surface area contributed by atoms with Gasteiger partial charge in [0.2, 0.25) is 0 Å². The molecular weight excluding hydrogens is 204 g/mol. The minimum atomic E-state index is 0.555. The van der Waals surface area contributed by atoms with Crippen molar-refractivity contribution >= 4 is 11.3 Å². The fourth-order valence-corrected chi connectivity index (χ4v) is 2.28. The van der Waals surface area contributed by atoms with Gasteiger partial charge >= 0.3 is 0 Å². The average molecular weight is 218 g/mol. The van der Waals surface area contributed by atoms with E-state index in [4.69, 9.17) is 0 Å². The third-order valence-corrected chi connectivity index (χ3v) is 3.58. The number of rotatable bonds is 2. The van der Waals surface area contributed by atoms with Gasteiger partial charge in [-0.3, -0.25) is 4.98 Å². The Morgan fingerprint density at radius 3 is 2.67 bits per heavy atom. The highest BCUT2D eigenvalue weighted by Gasteiger charge is 2.07. The highest BCUT2D eigenvalue weighted by atomic mass is 32.1. The molecule has 0 N–H and O–H groups in total. The van der Waals surface area contributed by atoms with Gasteiger partial charge in [-0.15, -0.1) is 11.3 Å². The third kappa shape index (κ3) is 2.23. The van der Waals surface area contributed by atoms with Crippen molar-refractivity contribution in [1.29, 1.82) is 0 Å². The minimum Gasteiger partial charge on any atom is -0.262 e. The monoisotopic (exact) mass is 218 g/mol. The Hall–Kier alpha value is -1.22. The topological polar surface area (TPSA) is 25.8 Å². The molecule has 0 amide bonds. The average Bonchev–Trinajstić information content (AvgIpc) is 2.66. The first-order chi connectivity index (χ1) is 7.16. The summed E-state index contributed by atoms with van der Waals surface area (Å²) < 4.78 is 0. The summed E-state index contributed by atoms with van der Waals surface area (Å²) in [5, 5.41) is 1.09. The summed E-state index contributed by atoms with van der Waals surface area (Å²) in [7, 11) is 0. The molecule has 15 heavy (non-hydrogen) atoms. The number of aryl methyl sites for hydroxylation is 1. The second-order valence-corrected chi connectivity index (χ2v) is 4.97. The highest BCUT2D eigenvalue weighted by molar-refractivity contribution is 7.15. The highest BCUT2D eigenvalue weighted by Crippen LogP contribution is 2.29. The summed E-state index contributed by atoms with van der Waals surface area (Å²) in [6.07, 6.45) is 3.81. The number of hydrogen-bond acceptors (Lipinski definition) is 3. The van der Waals surface area contributed by atoms with Gasteiger partial charge in [0.15, 0.2) is 0 Å². The summed E-state index contributed by atoms with van der Waals surface area (Å²) in [5.74, 6) is 0.555. The predicted octanol–water partition coefficient (Wildman–Crippen LogP) is 3.64. The summed E-state index contributed by atoms with van der Waals surface area (Å²) in [6, 6.07) is 4.08. The Labute approximate surface area is 94.0 Å². The Morgan fingerprint density at radius 2 is 2.07 bits per heavy atom. The molecular formula is C12H14N2S. The number of aromatic nitrogens is 2. The van der Waals surface area contributed by atoms with E-state index in [0.29, 0.717) is 5.92 Å². The predicted molar refractivity (Wildman–Crippen MR) is 64.2 cm³/mol. The van der Waals surface area contributed by atoms with Crippen LogP contribution in [-0.2, 0) is 0 Å². The quantitative estimate of drug-likeness (QED) is 0.769. The fraction of sp³-hybridized carbons (Fsp3) is 0.333. The molecule has 0 unspecified atom stereocenters. The maximum absolute atomic E-state index is 4.44. The summed E-state index contributed by atoms with van der Waals surface area (Å²) >= 11 is 1.76. The number of nitrogens with zero attached hydrogens (tertiary/aromatic N) is 2. The second-order valence-electron chi connectivity index (χ2n) is 3.91. The van der Waals surface area contributed by atoms with Gasteiger partial charge in [0, 0.05) is 28.5 Å². The summed E-state index contributed by atoms with van der Waals surface area (Å²) in [5.41, 5.74) is 2.20. The van der Waals surface area contributed by atoms with Gasteiger partial charge in [-0.2, -0.15) is 0 Å². The molecule has 0 aromatic carbocycles. The van der Waals surface area contributed by atoms with Crippen molar-refractivity contribution in [3.63, 3.8) is 0 Å². The van der Waals surface area contributed by atoms with Crippen LogP contribution >= 0.6 is 11.3 Å². The van der Waals surface area contributed by atoms with Crippen molar-refractivity contribution in [3.8, 4) is 10.6 Å². The minimum absolute atomic E-state index is 0.555. The molecule has 2 rings (SSSR count). The Kier molecular flexibility index (Phi) is 2.82. The van der Waals surface area contributed by atoms with E-state index in [2.05, 4.69) is 29.9 Å². The van der Waals surface area contributed by atoms with Crippen molar-refractivity contribution < 1.29 is 0 Å². The molecule has 2 nitrogen and oxygen atoms in total. The van der Waals surface area contributed by atoms with Gasteiger partial charge < -0.3 is 0 Å².